The van der Waals surface area contributed by atoms with Crippen LogP contribution in [-0.4, -0.2) is 54.7 Å². The highest BCUT2D eigenvalue weighted by atomic mass is 16.3. The maximum absolute atomic E-state index is 12.0. The molecule has 7 heteroatoms. The molecular weight excluding hydrogens is 308 g/mol. The number of piperidine rings is 1. The summed E-state index contributed by atoms with van der Waals surface area (Å²) < 4.78 is 0. The van der Waals surface area contributed by atoms with E-state index in [4.69, 9.17) is 5.73 Å². The van der Waals surface area contributed by atoms with Gasteiger partial charge in [-0.05, 0) is 56.0 Å². The number of urea groups is 1. The monoisotopic (exact) mass is 334 g/mol. The van der Waals surface area contributed by atoms with Gasteiger partial charge >= 0.3 is 6.03 Å². The van der Waals surface area contributed by atoms with Gasteiger partial charge in [0.15, 0.2) is 0 Å². The first-order valence-corrected chi connectivity index (χ1v) is 8.28. The lowest BCUT2D eigenvalue weighted by atomic mass is 9.99. The molecule has 1 saturated heterocycles. The van der Waals surface area contributed by atoms with E-state index in [-0.39, 0.29) is 12.6 Å². The normalized spacial score (nSPS) is 18.2. The minimum atomic E-state index is -0.489. The van der Waals surface area contributed by atoms with Crippen LogP contribution in [0.2, 0.25) is 0 Å². The van der Waals surface area contributed by atoms with Crippen LogP contribution in [0.5, 0.6) is 0 Å². The number of benzene rings is 1. The van der Waals surface area contributed by atoms with Crippen molar-refractivity contribution < 1.29 is 14.7 Å². The van der Waals surface area contributed by atoms with Crippen LogP contribution in [0.25, 0.3) is 0 Å². The van der Waals surface area contributed by atoms with Gasteiger partial charge in [0.25, 0.3) is 0 Å². The SMILES string of the molecule is Cc1cc(C(N)=O)ccc1NC(=O)NCCN1CCCC(CO)C1. The van der Waals surface area contributed by atoms with Gasteiger partial charge in [-0.2, -0.15) is 0 Å². The van der Waals surface area contributed by atoms with Crippen LogP contribution in [0.3, 0.4) is 0 Å². The molecule has 132 valence electrons. The number of carbonyl (C=O) groups excluding carboxylic acids is 2. The standard InChI is InChI=1S/C17H26N4O3/c1-12-9-14(16(18)23)4-5-15(12)20-17(24)19-6-8-21-7-2-3-13(10-21)11-22/h4-5,9,13,22H,2-3,6-8,10-11H2,1H3,(H2,18,23)(H2,19,20,24). The summed E-state index contributed by atoms with van der Waals surface area (Å²) in [5.41, 5.74) is 7.08. The summed E-state index contributed by atoms with van der Waals surface area (Å²) in [5, 5.41) is 14.8. The lowest BCUT2D eigenvalue weighted by molar-refractivity contribution is 0.1000. The topological polar surface area (TPSA) is 108 Å². The fraction of sp³-hybridized carbons (Fsp3) is 0.529. The Hall–Kier alpha value is -2.12. The van der Waals surface area contributed by atoms with E-state index in [0.717, 1.165) is 38.0 Å². The third-order valence-electron chi connectivity index (χ3n) is 4.33. The van der Waals surface area contributed by atoms with E-state index >= 15 is 0 Å². The Morgan fingerprint density at radius 1 is 1.42 bits per heavy atom. The van der Waals surface area contributed by atoms with Gasteiger partial charge in [-0.15, -0.1) is 0 Å². The summed E-state index contributed by atoms with van der Waals surface area (Å²) in [6, 6.07) is 4.64. The summed E-state index contributed by atoms with van der Waals surface area (Å²) in [6.45, 7) is 5.24. The van der Waals surface area contributed by atoms with Gasteiger partial charge < -0.3 is 26.4 Å². The average Bonchev–Trinajstić information content (AvgIpc) is 2.56. The maximum atomic E-state index is 12.0. The number of nitrogens with one attached hydrogen (secondary N) is 2. The smallest absolute Gasteiger partial charge is 0.319 e. The van der Waals surface area contributed by atoms with Gasteiger partial charge in [-0.3, -0.25) is 4.79 Å². The number of aryl methyl sites for hydroxylation is 1. The molecule has 24 heavy (non-hydrogen) atoms. The quantitative estimate of drug-likeness (QED) is 0.620. The molecule has 1 atom stereocenters. The minimum absolute atomic E-state index is 0.227. The lowest BCUT2D eigenvalue weighted by Crippen LogP contribution is -2.42. The van der Waals surface area contributed by atoms with Crippen LogP contribution < -0.4 is 16.4 Å². The molecule has 0 aliphatic carbocycles. The average molecular weight is 334 g/mol. The Bertz CT molecular complexity index is 591. The molecule has 0 saturated carbocycles. The Morgan fingerprint density at radius 2 is 2.21 bits per heavy atom. The van der Waals surface area contributed by atoms with Gasteiger partial charge in [0, 0.05) is 37.5 Å². The Balaban J connectivity index is 1.76. The molecule has 1 aliphatic rings. The Morgan fingerprint density at radius 3 is 2.88 bits per heavy atom. The minimum Gasteiger partial charge on any atom is -0.396 e. The molecule has 3 amide bonds. The van der Waals surface area contributed by atoms with Crippen LogP contribution >= 0.6 is 0 Å². The van der Waals surface area contributed by atoms with E-state index in [9.17, 15) is 14.7 Å². The third kappa shape index (κ3) is 5.21. The molecule has 5 N–H and O–H groups in total. The Kier molecular flexibility index (Phi) is 6.57. The zero-order valence-corrected chi connectivity index (χ0v) is 14.0. The molecule has 1 aliphatic heterocycles. The lowest BCUT2D eigenvalue weighted by Gasteiger charge is -2.31. The van der Waals surface area contributed by atoms with Crippen LogP contribution in [0.15, 0.2) is 18.2 Å². The number of rotatable bonds is 6. The molecule has 1 fully saturated rings. The molecule has 0 aromatic heterocycles. The van der Waals surface area contributed by atoms with Gasteiger partial charge in [-0.25, -0.2) is 4.79 Å². The number of carbonyl (C=O) groups is 2. The second-order valence-electron chi connectivity index (χ2n) is 6.27. The van der Waals surface area contributed by atoms with Crippen molar-refractivity contribution in [2.75, 3.05) is 38.1 Å². The molecule has 1 aromatic rings. The predicted octanol–water partition coefficient (Wildman–Crippen LogP) is 0.920. The van der Waals surface area contributed by atoms with Crippen LogP contribution in [0, 0.1) is 12.8 Å². The number of aliphatic hydroxyl groups is 1. The summed E-state index contributed by atoms with van der Waals surface area (Å²) in [5.74, 6) is -0.143. The van der Waals surface area contributed by atoms with Gasteiger partial charge in [0.05, 0.1) is 0 Å². The first-order chi connectivity index (χ1) is 11.5. The molecule has 0 radical (unpaired) electrons. The molecule has 1 aromatic carbocycles. The second-order valence-corrected chi connectivity index (χ2v) is 6.27. The van der Waals surface area contributed by atoms with Gasteiger partial charge in [-0.1, -0.05) is 0 Å². The fourth-order valence-electron chi connectivity index (χ4n) is 2.95. The van der Waals surface area contributed by atoms with Crippen molar-refractivity contribution in [2.24, 2.45) is 11.7 Å². The summed E-state index contributed by atoms with van der Waals surface area (Å²) in [7, 11) is 0. The second kappa shape index (κ2) is 8.65. The summed E-state index contributed by atoms with van der Waals surface area (Å²) in [4.78, 5) is 25.4. The number of anilines is 1. The summed E-state index contributed by atoms with van der Waals surface area (Å²) >= 11 is 0. The number of hydrogen-bond donors (Lipinski definition) is 4. The third-order valence-corrected chi connectivity index (χ3v) is 4.33. The van der Waals surface area contributed by atoms with Crippen LogP contribution in [0.1, 0.15) is 28.8 Å². The molecule has 2 rings (SSSR count). The van der Waals surface area contributed by atoms with E-state index in [1.165, 1.54) is 0 Å². The number of amides is 3. The predicted molar refractivity (Wildman–Crippen MR) is 93.0 cm³/mol. The number of aliphatic hydroxyl groups excluding tert-OH is 1. The van der Waals surface area contributed by atoms with Crippen molar-refractivity contribution in [2.45, 2.75) is 19.8 Å². The van der Waals surface area contributed by atoms with Crippen molar-refractivity contribution >= 4 is 17.6 Å². The number of hydrogen-bond acceptors (Lipinski definition) is 4. The zero-order chi connectivity index (χ0) is 17.5. The highest BCUT2D eigenvalue weighted by Crippen LogP contribution is 2.16. The van der Waals surface area contributed by atoms with Crippen molar-refractivity contribution in [1.29, 1.82) is 0 Å². The van der Waals surface area contributed by atoms with E-state index in [1.54, 1.807) is 18.2 Å². The number of nitrogens with two attached hydrogens (primary N) is 1. The van der Waals surface area contributed by atoms with Crippen molar-refractivity contribution in [3.05, 3.63) is 29.3 Å². The largest absolute Gasteiger partial charge is 0.396 e. The first-order valence-electron chi connectivity index (χ1n) is 8.28. The van der Waals surface area contributed by atoms with Gasteiger partial charge in [0.1, 0.15) is 0 Å². The van der Waals surface area contributed by atoms with Gasteiger partial charge in [0.2, 0.25) is 5.91 Å². The number of nitrogens with zero attached hydrogens (tertiary/aromatic N) is 1. The van der Waals surface area contributed by atoms with E-state index in [0.29, 0.717) is 23.7 Å². The maximum Gasteiger partial charge on any atom is 0.319 e. The van der Waals surface area contributed by atoms with Crippen molar-refractivity contribution in [3.63, 3.8) is 0 Å². The molecular formula is C17H26N4O3. The van der Waals surface area contributed by atoms with Crippen LogP contribution in [-0.2, 0) is 0 Å². The highest BCUT2D eigenvalue weighted by molar-refractivity contribution is 5.95. The highest BCUT2D eigenvalue weighted by Gasteiger charge is 2.18. The number of primary amides is 1. The van der Waals surface area contributed by atoms with Crippen molar-refractivity contribution in [1.82, 2.24) is 10.2 Å². The Labute approximate surface area is 142 Å². The van der Waals surface area contributed by atoms with E-state index in [2.05, 4.69) is 15.5 Å². The van der Waals surface area contributed by atoms with Crippen molar-refractivity contribution in [3.8, 4) is 0 Å². The molecule has 0 bridgehead atoms. The first kappa shape index (κ1) is 18.2. The summed E-state index contributed by atoms with van der Waals surface area (Å²) in [6.07, 6.45) is 2.16. The number of likely N-dealkylation sites (tertiary alicyclic amines) is 1. The molecule has 1 unspecified atom stereocenters. The fourth-order valence-corrected chi connectivity index (χ4v) is 2.95. The molecule has 0 spiro atoms. The van der Waals surface area contributed by atoms with E-state index in [1.807, 2.05) is 6.92 Å². The van der Waals surface area contributed by atoms with E-state index < -0.39 is 5.91 Å². The molecule has 1 heterocycles. The zero-order valence-electron chi connectivity index (χ0n) is 14.0. The van der Waals surface area contributed by atoms with Crippen LogP contribution in [0.4, 0.5) is 10.5 Å². The molecule has 7 nitrogen and oxygen atoms in total.